The Hall–Kier alpha value is -2.96. The Kier molecular flexibility index (Phi) is 3.60. The summed E-state index contributed by atoms with van der Waals surface area (Å²) in [5.41, 5.74) is 2.73. The van der Waals surface area contributed by atoms with Crippen molar-refractivity contribution in [1.82, 2.24) is 29.4 Å². The highest BCUT2D eigenvalue weighted by Crippen LogP contribution is 2.32. The van der Waals surface area contributed by atoms with Crippen LogP contribution in [0.3, 0.4) is 0 Å². The second-order valence-corrected chi connectivity index (χ2v) is 6.02. The maximum absolute atomic E-state index is 12.9. The molecule has 0 unspecified atom stereocenters. The van der Waals surface area contributed by atoms with Crippen molar-refractivity contribution in [3.05, 3.63) is 60.4 Å². The molecule has 3 aromatic rings. The molecule has 1 amide bonds. The predicted molar refractivity (Wildman–Crippen MR) is 87.6 cm³/mol. The van der Waals surface area contributed by atoms with Crippen molar-refractivity contribution < 1.29 is 4.79 Å². The van der Waals surface area contributed by atoms with E-state index in [1.54, 1.807) is 17.3 Å². The quantitative estimate of drug-likeness (QED) is 0.739. The van der Waals surface area contributed by atoms with Gasteiger partial charge in [-0.15, -0.1) is 10.2 Å². The van der Waals surface area contributed by atoms with Crippen molar-refractivity contribution in [1.29, 1.82) is 0 Å². The summed E-state index contributed by atoms with van der Waals surface area (Å²) in [4.78, 5) is 14.9. The molecule has 1 saturated heterocycles. The Balaban J connectivity index is 1.56. The van der Waals surface area contributed by atoms with Crippen molar-refractivity contribution >= 4 is 5.91 Å². The number of carbonyl (C=O) groups is 1. The van der Waals surface area contributed by atoms with E-state index in [9.17, 15) is 4.79 Å². The van der Waals surface area contributed by atoms with Gasteiger partial charge < -0.3 is 4.90 Å². The first-order valence-corrected chi connectivity index (χ1v) is 7.97. The summed E-state index contributed by atoms with van der Waals surface area (Å²) in [6.45, 7) is 0.783. The van der Waals surface area contributed by atoms with Gasteiger partial charge in [0.15, 0.2) is 0 Å². The smallest absolute Gasteiger partial charge is 0.254 e. The number of hydrogen-bond acceptors (Lipinski definition) is 4. The summed E-state index contributed by atoms with van der Waals surface area (Å²) in [7, 11) is 1.90. The third-order valence-corrected chi connectivity index (χ3v) is 4.45. The van der Waals surface area contributed by atoms with Crippen LogP contribution in [0.5, 0.6) is 0 Å². The van der Waals surface area contributed by atoms with Crippen LogP contribution in [0.2, 0.25) is 0 Å². The molecule has 2 aromatic heterocycles. The molecule has 0 N–H and O–H groups in total. The molecule has 1 aromatic carbocycles. The standard InChI is InChI=1S/C17H18N6O/c1-21-10-14(9-20-21)16-3-2-8-23(16)17(24)13-4-6-15(7-5-13)22-11-18-19-12-22/h4-7,9-12,16H,2-3,8H2,1H3/t16-/m1/s1. The summed E-state index contributed by atoms with van der Waals surface area (Å²) < 4.78 is 3.59. The van der Waals surface area contributed by atoms with Crippen LogP contribution < -0.4 is 0 Å². The highest BCUT2D eigenvalue weighted by Gasteiger charge is 2.31. The first-order valence-electron chi connectivity index (χ1n) is 7.97. The zero-order chi connectivity index (χ0) is 16.5. The molecule has 1 aliphatic rings. The molecular formula is C17H18N6O. The van der Waals surface area contributed by atoms with Crippen LogP contribution in [-0.2, 0) is 7.05 Å². The topological polar surface area (TPSA) is 68.8 Å². The number of amides is 1. The van der Waals surface area contributed by atoms with Gasteiger partial charge in [0.05, 0.1) is 12.2 Å². The van der Waals surface area contributed by atoms with Crippen molar-refractivity contribution in [3.63, 3.8) is 0 Å². The molecule has 7 heteroatoms. The van der Waals surface area contributed by atoms with Crippen LogP contribution in [0.4, 0.5) is 0 Å². The highest BCUT2D eigenvalue weighted by molar-refractivity contribution is 5.94. The van der Waals surface area contributed by atoms with Gasteiger partial charge in [0.25, 0.3) is 5.91 Å². The van der Waals surface area contributed by atoms with E-state index in [0.717, 1.165) is 30.6 Å². The van der Waals surface area contributed by atoms with Crippen LogP contribution in [-0.4, -0.2) is 41.9 Å². The van der Waals surface area contributed by atoms with E-state index in [1.165, 1.54) is 0 Å². The SMILES string of the molecule is Cn1cc([C@H]2CCCN2C(=O)c2ccc(-n3cnnc3)cc2)cn1. The maximum Gasteiger partial charge on any atom is 0.254 e. The minimum atomic E-state index is 0.0664. The summed E-state index contributed by atoms with van der Waals surface area (Å²) in [5, 5.41) is 11.8. The minimum absolute atomic E-state index is 0.0664. The zero-order valence-electron chi connectivity index (χ0n) is 13.4. The molecule has 7 nitrogen and oxygen atoms in total. The fourth-order valence-electron chi connectivity index (χ4n) is 3.24. The lowest BCUT2D eigenvalue weighted by molar-refractivity contribution is 0.0735. The van der Waals surface area contributed by atoms with Crippen LogP contribution in [0.25, 0.3) is 5.69 Å². The van der Waals surface area contributed by atoms with Gasteiger partial charge in [-0.05, 0) is 37.1 Å². The van der Waals surface area contributed by atoms with Crippen molar-refractivity contribution in [2.45, 2.75) is 18.9 Å². The molecule has 0 saturated carbocycles. The van der Waals surface area contributed by atoms with E-state index in [0.29, 0.717) is 5.56 Å². The van der Waals surface area contributed by atoms with E-state index < -0.39 is 0 Å². The predicted octanol–water partition coefficient (Wildman–Crippen LogP) is 1.98. The second-order valence-electron chi connectivity index (χ2n) is 6.02. The Labute approximate surface area is 139 Å². The summed E-state index contributed by atoms with van der Waals surface area (Å²) >= 11 is 0. The van der Waals surface area contributed by atoms with Gasteiger partial charge in [-0.1, -0.05) is 0 Å². The number of carbonyl (C=O) groups excluding carboxylic acids is 1. The van der Waals surface area contributed by atoms with E-state index in [-0.39, 0.29) is 11.9 Å². The number of likely N-dealkylation sites (tertiary alicyclic amines) is 1. The Morgan fingerprint density at radius 3 is 2.58 bits per heavy atom. The lowest BCUT2D eigenvalue weighted by Crippen LogP contribution is -2.30. The molecule has 0 aliphatic carbocycles. The molecule has 0 bridgehead atoms. The molecule has 24 heavy (non-hydrogen) atoms. The lowest BCUT2D eigenvalue weighted by atomic mass is 10.1. The number of rotatable bonds is 3. The molecule has 0 spiro atoms. The number of hydrogen-bond donors (Lipinski definition) is 0. The number of benzene rings is 1. The lowest BCUT2D eigenvalue weighted by Gasteiger charge is -2.24. The monoisotopic (exact) mass is 322 g/mol. The summed E-state index contributed by atoms with van der Waals surface area (Å²) in [6.07, 6.45) is 9.11. The van der Waals surface area contributed by atoms with E-state index >= 15 is 0 Å². The van der Waals surface area contributed by atoms with Crippen LogP contribution in [0, 0.1) is 0 Å². The highest BCUT2D eigenvalue weighted by atomic mass is 16.2. The van der Waals surface area contributed by atoms with Crippen molar-refractivity contribution in [2.75, 3.05) is 6.54 Å². The summed E-state index contributed by atoms with van der Waals surface area (Å²) in [6, 6.07) is 7.65. The average Bonchev–Trinajstić information content (AvgIpc) is 3.35. The third-order valence-electron chi connectivity index (χ3n) is 4.45. The van der Waals surface area contributed by atoms with Gasteiger partial charge in [-0.3, -0.25) is 14.0 Å². The zero-order valence-corrected chi connectivity index (χ0v) is 13.4. The van der Waals surface area contributed by atoms with Gasteiger partial charge in [0.2, 0.25) is 0 Å². The first kappa shape index (κ1) is 14.6. The fraction of sp³-hybridized carbons (Fsp3) is 0.294. The molecule has 4 rings (SSSR count). The van der Waals surface area contributed by atoms with Crippen LogP contribution in [0.15, 0.2) is 49.3 Å². The van der Waals surface area contributed by atoms with Gasteiger partial charge in [-0.2, -0.15) is 5.10 Å². The third kappa shape index (κ3) is 2.58. The molecular weight excluding hydrogens is 304 g/mol. The van der Waals surface area contributed by atoms with Crippen LogP contribution >= 0.6 is 0 Å². The van der Waals surface area contributed by atoms with Crippen LogP contribution in [0.1, 0.15) is 34.8 Å². The largest absolute Gasteiger partial charge is 0.331 e. The second kappa shape index (κ2) is 5.92. The van der Waals surface area contributed by atoms with Gasteiger partial charge in [0, 0.05) is 36.6 Å². The molecule has 1 atom stereocenters. The average molecular weight is 322 g/mol. The Bertz CT molecular complexity index is 836. The Morgan fingerprint density at radius 1 is 1.17 bits per heavy atom. The fourth-order valence-corrected chi connectivity index (χ4v) is 3.24. The Morgan fingerprint density at radius 2 is 1.92 bits per heavy atom. The summed E-state index contributed by atoms with van der Waals surface area (Å²) in [5.74, 6) is 0.0664. The molecule has 1 fully saturated rings. The molecule has 3 heterocycles. The number of aromatic nitrogens is 5. The molecule has 1 aliphatic heterocycles. The normalized spacial score (nSPS) is 17.4. The number of nitrogens with zero attached hydrogens (tertiary/aromatic N) is 6. The minimum Gasteiger partial charge on any atom is -0.331 e. The molecule has 122 valence electrons. The van der Waals surface area contributed by atoms with Gasteiger partial charge in [0.1, 0.15) is 12.7 Å². The van der Waals surface area contributed by atoms with Gasteiger partial charge >= 0.3 is 0 Å². The van der Waals surface area contributed by atoms with E-state index in [1.807, 2.05) is 53.2 Å². The molecule has 0 radical (unpaired) electrons. The van der Waals surface area contributed by atoms with Crippen molar-refractivity contribution in [3.8, 4) is 5.69 Å². The van der Waals surface area contributed by atoms with Crippen molar-refractivity contribution in [2.24, 2.45) is 7.05 Å². The van der Waals surface area contributed by atoms with E-state index in [2.05, 4.69) is 15.3 Å². The number of aryl methyl sites for hydroxylation is 1. The van der Waals surface area contributed by atoms with E-state index in [4.69, 9.17) is 0 Å². The van der Waals surface area contributed by atoms with Gasteiger partial charge in [-0.25, -0.2) is 0 Å². The first-order chi connectivity index (χ1) is 11.7. The maximum atomic E-state index is 12.9.